The summed E-state index contributed by atoms with van der Waals surface area (Å²) in [5.41, 5.74) is 1.40. The van der Waals surface area contributed by atoms with Crippen molar-refractivity contribution in [3.63, 3.8) is 0 Å². The fourth-order valence-corrected chi connectivity index (χ4v) is 1.84. The number of ether oxygens (including phenoxy) is 2. The van der Waals surface area contributed by atoms with E-state index in [-0.39, 0.29) is 0 Å². The summed E-state index contributed by atoms with van der Waals surface area (Å²) in [7, 11) is 1.56. The van der Waals surface area contributed by atoms with E-state index in [4.69, 9.17) is 14.7 Å². The van der Waals surface area contributed by atoms with Crippen LogP contribution in [-0.2, 0) is 4.74 Å². The zero-order chi connectivity index (χ0) is 14.4. The van der Waals surface area contributed by atoms with Gasteiger partial charge in [-0.05, 0) is 43.3 Å². The van der Waals surface area contributed by atoms with Crippen molar-refractivity contribution in [2.75, 3.05) is 7.11 Å². The van der Waals surface area contributed by atoms with Crippen molar-refractivity contribution in [1.82, 2.24) is 0 Å². The Morgan fingerprint density at radius 2 is 1.55 bits per heavy atom. The lowest BCUT2D eigenvalue weighted by Gasteiger charge is -2.09. The quantitative estimate of drug-likeness (QED) is 0.608. The van der Waals surface area contributed by atoms with Crippen molar-refractivity contribution in [2.45, 2.75) is 6.92 Å². The topological polar surface area (TPSA) is 42.2 Å². The van der Waals surface area contributed by atoms with Crippen LogP contribution in [0.15, 0.2) is 60.2 Å². The van der Waals surface area contributed by atoms with Gasteiger partial charge in [-0.3, -0.25) is 0 Å². The van der Waals surface area contributed by atoms with Crippen molar-refractivity contribution in [2.24, 2.45) is 0 Å². The van der Waals surface area contributed by atoms with Gasteiger partial charge in [0.25, 0.3) is 0 Å². The summed E-state index contributed by atoms with van der Waals surface area (Å²) in [6, 6.07) is 19.1. The Morgan fingerprint density at radius 1 is 0.950 bits per heavy atom. The number of rotatable bonds is 4. The molecule has 0 atom stereocenters. The van der Waals surface area contributed by atoms with Gasteiger partial charge in [-0.25, -0.2) is 0 Å². The van der Waals surface area contributed by atoms with Gasteiger partial charge in [0.05, 0.1) is 18.8 Å². The maximum absolute atomic E-state index is 8.93. The number of allylic oxidation sites excluding steroid dienone is 1. The lowest BCUT2D eigenvalue weighted by Crippen LogP contribution is -1.91. The Balaban J connectivity index is 2.21. The average molecular weight is 265 g/mol. The van der Waals surface area contributed by atoms with Gasteiger partial charge in [0.15, 0.2) is 0 Å². The first-order valence-electron chi connectivity index (χ1n) is 6.23. The van der Waals surface area contributed by atoms with Crippen LogP contribution in [-0.4, -0.2) is 7.11 Å². The number of benzene rings is 2. The Bertz CT molecular complexity index is 637. The summed E-state index contributed by atoms with van der Waals surface area (Å²) in [6.45, 7) is 1.73. The van der Waals surface area contributed by atoms with E-state index in [0.717, 1.165) is 17.1 Å². The van der Waals surface area contributed by atoms with E-state index < -0.39 is 0 Å². The molecule has 0 aliphatic rings. The number of hydrogen-bond donors (Lipinski definition) is 0. The van der Waals surface area contributed by atoms with Crippen molar-refractivity contribution in [3.8, 4) is 17.6 Å². The minimum atomic E-state index is 0.546. The number of methoxy groups -OCH3 is 1. The number of nitrogens with zero attached hydrogens (tertiary/aromatic N) is 1. The number of para-hydroxylation sites is 1. The molecule has 0 N–H and O–H groups in total. The molecule has 0 saturated carbocycles. The molecule has 20 heavy (non-hydrogen) atoms. The Labute approximate surface area is 118 Å². The first kappa shape index (κ1) is 13.7. The van der Waals surface area contributed by atoms with Gasteiger partial charge in [0.1, 0.15) is 17.3 Å². The van der Waals surface area contributed by atoms with Crippen LogP contribution in [0.2, 0.25) is 0 Å². The monoisotopic (exact) mass is 265 g/mol. The third-order valence-electron chi connectivity index (χ3n) is 2.81. The average Bonchev–Trinajstić information content (AvgIpc) is 2.50. The highest BCUT2D eigenvalue weighted by molar-refractivity contribution is 5.66. The van der Waals surface area contributed by atoms with Crippen molar-refractivity contribution in [3.05, 3.63) is 65.7 Å². The standard InChI is InChI=1S/C17H15NO2/c1-13(12-18)17(19-2)14-8-10-16(11-9-14)20-15-6-4-3-5-7-15/h3-11H,1-2H3/b17-13-. The van der Waals surface area contributed by atoms with E-state index in [0.29, 0.717) is 11.3 Å². The van der Waals surface area contributed by atoms with Crippen LogP contribution in [0.3, 0.4) is 0 Å². The van der Waals surface area contributed by atoms with Crippen LogP contribution in [0.25, 0.3) is 5.76 Å². The first-order chi connectivity index (χ1) is 9.74. The molecule has 0 spiro atoms. The maximum Gasteiger partial charge on any atom is 0.139 e. The second-order valence-corrected chi connectivity index (χ2v) is 4.21. The molecule has 3 heteroatoms. The molecule has 2 aromatic rings. The smallest absolute Gasteiger partial charge is 0.139 e. The van der Waals surface area contributed by atoms with Gasteiger partial charge in [0.2, 0.25) is 0 Å². The third kappa shape index (κ3) is 3.18. The molecule has 3 nitrogen and oxygen atoms in total. The van der Waals surface area contributed by atoms with Crippen LogP contribution < -0.4 is 4.74 Å². The summed E-state index contributed by atoms with van der Waals surface area (Å²) in [6.07, 6.45) is 0. The van der Waals surface area contributed by atoms with E-state index >= 15 is 0 Å². The molecule has 0 radical (unpaired) electrons. The van der Waals surface area contributed by atoms with Gasteiger partial charge < -0.3 is 9.47 Å². The molecule has 2 rings (SSSR count). The summed E-state index contributed by atoms with van der Waals surface area (Å²) in [5.74, 6) is 2.11. The molecule has 0 aliphatic heterocycles. The van der Waals surface area contributed by atoms with Crippen molar-refractivity contribution >= 4 is 5.76 Å². The third-order valence-corrected chi connectivity index (χ3v) is 2.81. The Kier molecular flexibility index (Phi) is 4.41. The van der Waals surface area contributed by atoms with Gasteiger partial charge >= 0.3 is 0 Å². The molecule has 0 saturated heterocycles. The van der Waals surface area contributed by atoms with E-state index in [1.165, 1.54) is 0 Å². The number of hydrogen-bond acceptors (Lipinski definition) is 3. The summed E-state index contributed by atoms with van der Waals surface area (Å²) >= 11 is 0. The highest BCUT2D eigenvalue weighted by Gasteiger charge is 2.06. The van der Waals surface area contributed by atoms with Crippen molar-refractivity contribution < 1.29 is 9.47 Å². The molecule has 2 aromatic carbocycles. The molecule has 0 aromatic heterocycles. The van der Waals surface area contributed by atoms with Crippen LogP contribution in [0.1, 0.15) is 12.5 Å². The SMILES string of the molecule is CO/C(=C(/C)C#N)c1ccc(Oc2ccccc2)cc1. The largest absolute Gasteiger partial charge is 0.495 e. The Morgan fingerprint density at radius 3 is 2.10 bits per heavy atom. The van der Waals surface area contributed by atoms with Gasteiger partial charge in [-0.2, -0.15) is 5.26 Å². The van der Waals surface area contributed by atoms with Gasteiger partial charge in [-0.1, -0.05) is 18.2 Å². The summed E-state index contributed by atoms with van der Waals surface area (Å²) in [4.78, 5) is 0. The predicted octanol–water partition coefficient (Wildman–Crippen LogP) is 4.38. The molecule has 0 fully saturated rings. The van der Waals surface area contributed by atoms with Crippen LogP contribution in [0.5, 0.6) is 11.5 Å². The predicted molar refractivity (Wildman–Crippen MR) is 78.2 cm³/mol. The zero-order valence-electron chi connectivity index (χ0n) is 11.5. The van der Waals surface area contributed by atoms with Crippen molar-refractivity contribution in [1.29, 1.82) is 5.26 Å². The van der Waals surface area contributed by atoms with E-state index in [1.807, 2.05) is 54.6 Å². The van der Waals surface area contributed by atoms with E-state index in [1.54, 1.807) is 14.0 Å². The fourth-order valence-electron chi connectivity index (χ4n) is 1.84. The highest BCUT2D eigenvalue weighted by Crippen LogP contribution is 2.25. The molecule has 0 heterocycles. The van der Waals surface area contributed by atoms with Gasteiger partial charge in [0, 0.05) is 5.56 Å². The second kappa shape index (κ2) is 6.44. The number of nitriles is 1. The molecular formula is C17H15NO2. The van der Waals surface area contributed by atoms with Crippen LogP contribution >= 0.6 is 0 Å². The lowest BCUT2D eigenvalue weighted by atomic mass is 10.1. The fraction of sp³-hybridized carbons (Fsp3) is 0.118. The van der Waals surface area contributed by atoms with Gasteiger partial charge in [-0.15, -0.1) is 0 Å². The minimum absolute atomic E-state index is 0.546. The Hall–Kier alpha value is -2.73. The second-order valence-electron chi connectivity index (χ2n) is 4.21. The maximum atomic E-state index is 8.93. The normalized spacial score (nSPS) is 11.2. The molecule has 0 unspecified atom stereocenters. The highest BCUT2D eigenvalue weighted by atomic mass is 16.5. The lowest BCUT2D eigenvalue weighted by molar-refractivity contribution is 0.368. The molecule has 0 amide bonds. The summed E-state index contributed by atoms with van der Waals surface area (Å²) < 4.78 is 11.0. The summed E-state index contributed by atoms with van der Waals surface area (Å²) in [5, 5.41) is 8.93. The van der Waals surface area contributed by atoms with E-state index in [2.05, 4.69) is 6.07 Å². The molecule has 0 aliphatic carbocycles. The zero-order valence-corrected chi connectivity index (χ0v) is 11.5. The van der Waals surface area contributed by atoms with Crippen LogP contribution in [0, 0.1) is 11.3 Å². The molecular weight excluding hydrogens is 250 g/mol. The molecule has 0 bridgehead atoms. The van der Waals surface area contributed by atoms with Crippen LogP contribution in [0.4, 0.5) is 0 Å². The minimum Gasteiger partial charge on any atom is -0.495 e. The van der Waals surface area contributed by atoms with E-state index in [9.17, 15) is 0 Å². The molecule has 100 valence electrons. The first-order valence-corrected chi connectivity index (χ1v) is 6.23.